The number of hydrogen-bond donors (Lipinski definition) is 3. The van der Waals surface area contributed by atoms with E-state index in [4.69, 9.17) is 11.6 Å². The molecule has 36 heavy (non-hydrogen) atoms. The van der Waals surface area contributed by atoms with Crippen LogP contribution in [-0.4, -0.2) is 55.2 Å². The third-order valence-electron chi connectivity index (χ3n) is 7.18. The minimum atomic E-state index is -4.38. The number of nitrogens with zero attached hydrogens (tertiary/aromatic N) is 2. The fourth-order valence-corrected chi connectivity index (χ4v) is 6.67. The normalized spacial score (nSPS) is 23.8. The first-order valence-corrected chi connectivity index (χ1v) is 14.0. The maximum Gasteiger partial charge on any atom is 0.266 e. The van der Waals surface area contributed by atoms with Gasteiger partial charge in [-0.15, -0.1) is 6.58 Å². The molecule has 0 amide bonds. The van der Waals surface area contributed by atoms with E-state index in [-0.39, 0.29) is 35.4 Å². The van der Waals surface area contributed by atoms with Crippen LogP contribution >= 0.6 is 11.6 Å². The van der Waals surface area contributed by atoms with Crippen LogP contribution in [0.1, 0.15) is 32.1 Å². The first kappa shape index (κ1) is 26.8. The predicted octanol–water partition coefficient (Wildman–Crippen LogP) is 4.65. The zero-order chi connectivity index (χ0) is 25.9. The second-order valence-corrected chi connectivity index (χ2v) is 11.5. The lowest BCUT2D eigenvalue weighted by atomic mass is 9.88. The average molecular weight is 541 g/mol. The number of aromatic nitrogens is 1. The van der Waals surface area contributed by atoms with Crippen molar-refractivity contribution in [2.45, 2.75) is 49.1 Å². The Morgan fingerprint density at radius 2 is 2.03 bits per heavy atom. The van der Waals surface area contributed by atoms with Gasteiger partial charge in [-0.25, -0.2) is 17.8 Å². The van der Waals surface area contributed by atoms with Crippen LogP contribution in [0.15, 0.2) is 47.9 Å². The summed E-state index contributed by atoms with van der Waals surface area (Å²) in [6.07, 6.45) is 6.78. The molecule has 2 aliphatic rings. The van der Waals surface area contributed by atoms with Gasteiger partial charge in [0.15, 0.2) is 0 Å². The van der Waals surface area contributed by atoms with Gasteiger partial charge in [-0.05, 0) is 56.0 Å². The van der Waals surface area contributed by atoms with Crippen LogP contribution < -0.4 is 10.0 Å². The van der Waals surface area contributed by atoms with Crippen molar-refractivity contribution in [2.75, 3.05) is 29.7 Å². The fraction of sp³-hybridized carbons (Fsp3) is 0.480. The predicted molar refractivity (Wildman–Crippen MR) is 137 cm³/mol. The highest BCUT2D eigenvalue weighted by atomic mass is 35.5. The molecule has 0 bridgehead atoms. The molecule has 1 saturated heterocycles. The van der Waals surface area contributed by atoms with Crippen LogP contribution in [0, 0.1) is 23.6 Å². The van der Waals surface area contributed by atoms with Gasteiger partial charge < -0.3 is 10.4 Å². The lowest BCUT2D eigenvalue weighted by Crippen LogP contribution is -2.48. The van der Waals surface area contributed by atoms with Gasteiger partial charge in [-0.2, -0.15) is 4.39 Å². The van der Waals surface area contributed by atoms with Crippen molar-refractivity contribution in [3.05, 3.63) is 59.8 Å². The second kappa shape index (κ2) is 11.4. The van der Waals surface area contributed by atoms with Crippen molar-refractivity contribution in [3.8, 4) is 0 Å². The number of anilines is 2. The molecule has 7 nitrogen and oxygen atoms in total. The molecule has 0 radical (unpaired) electrons. The van der Waals surface area contributed by atoms with E-state index in [0.29, 0.717) is 11.6 Å². The SMILES string of the molecule is C=CC(CO)[C@H]1CCN([C@@H]2CCCC[C@H]2Nc2cc(F)c(S(=O)(=O)Nc3cccc(F)n3)cc2Cl)C1. The zero-order valence-electron chi connectivity index (χ0n) is 19.8. The smallest absolute Gasteiger partial charge is 0.266 e. The molecule has 1 unspecified atom stereocenters. The summed E-state index contributed by atoms with van der Waals surface area (Å²) in [7, 11) is -4.38. The van der Waals surface area contributed by atoms with Gasteiger partial charge in [-0.3, -0.25) is 9.62 Å². The van der Waals surface area contributed by atoms with Crippen molar-refractivity contribution in [1.29, 1.82) is 0 Å². The van der Waals surface area contributed by atoms with Crippen LogP contribution in [-0.2, 0) is 10.0 Å². The Morgan fingerprint density at radius 1 is 1.25 bits per heavy atom. The summed E-state index contributed by atoms with van der Waals surface area (Å²) in [5, 5.41) is 13.1. The van der Waals surface area contributed by atoms with Crippen LogP contribution in [0.4, 0.5) is 20.3 Å². The van der Waals surface area contributed by atoms with E-state index in [1.807, 2.05) is 6.08 Å². The number of nitrogens with one attached hydrogen (secondary N) is 2. The minimum Gasteiger partial charge on any atom is -0.396 e. The molecule has 1 saturated carbocycles. The number of aliphatic hydroxyl groups excluding tert-OH is 1. The fourth-order valence-electron chi connectivity index (χ4n) is 5.30. The van der Waals surface area contributed by atoms with E-state index >= 15 is 4.39 Å². The standard InChI is InChI=1S/C25H31ClF2N4O3S/c1-2-16(15-33)17-10-11-32(14-17)22-7-4-3-6-20(22)29-21-13-19(27)23(12-18(21)26)36(34,35)31-25-9-5-8-24(28)30-25/h2,5,8-9,12-13,16-17,20,22,29,33H,1,3-4,6-7,10-11,14-15H2,(H,30,31)/t16?,17-,20+,22+/m0/s1. The molecular weight excluding hydrogens is 510 g/mol. The van der Waals surface area contributed by atoms with E-state index in [2.05, 4.69) is 26.5 Å². The Labute approximate surface area is 215 Å². The summed E-state index contributed by atoms with van der Waals surface area (Å²) in [5.74, 6) is -1.69. The van der Waals surface area contributed by atoms with Gasteiger partial charge in [0.25, 0.3) is 10.0 Å². The first-order valence-electron chi connectivity index (χ1n) is 12.1. The molecule has 2 fully saturated rings. The van der Waals surface area contributed by atoms with Gasteiger partial charge in [0, 0.05) is 31.2 Å². The summed E-state index contributed by atoms with van der Waals surface area (Å²) < 4.78 is 55.9. The van der Waals surface area contributed by atoms with Gasteiger partial charge in [0.05, 0.1) is 10.7 Å². The quantitative estimate of drug-likeness (QED) is 0.316. The molecule has 1 aliphatic carbocycles. The number of halogens is 3. The lowest BCUT2D eigenvalue weighted by Gasteiger charge is -2.39. The maximum absolute atomic E-state index is 15.0. The molecule has 2 aromatic rings. The number of sulfonamides is 1. The Balaban J connectivity index is 1.50. The van der Waals surface area contributed by atoms with E-state index in [1.165, 1.54) is 12.1 Å². The zero-order valence-corrected chi connectivity index (χ0v) is 21.4. The first-order chi connectivity index (χ1) is 17.2. The number of benzene rings is 1. The van der Waals surface area contributed by atoms with Gasteiger partial charge >= 0.3 is 0 Å². The highest BCUT2D eigenvalue weighted by molar-refractivity contribution is 7.92. The third-order valence-corrected chi connectivity index (χ3v) is 8.86. The van der Waals surface area contributed by atoms with Crippen molar-refractivity contribution in [2.24, 2.45) is 11.8 Å². The summed E-state index contributed by atoms with van der Waals surface area (Å²) >= 11 is 6.42. The summed E-state index contributed by atoms with van der Waals surface area (Å²) in [6, 6.07) is 6.01. The Bertz CT molecular complexity index is 1200. The number of likely N-dealkylation sites (tertiary alicyclic amines) is 1. The molecule has 1 aromatic carbocycles. The van der Waals surface area contributed by atoms with E-state index in [1.54, 1.807) is 0 Å². The highest BCUT2D eigenvalue weighted by Gasteiger charge is 2.36. The Kier molecular flexibility index (Phi) is 8.49. The summed E-state index contributed by atoms with van der Waals surface area (Å²) in [4.78, 5) is 5.23. The van der Waals surface area contributed by atoms with Gasteiger partial charge in [-0.1, -0.05) is 36.6 Å². The lowest BCUT2D eigenvalue weighted by molar-refractivity contribution is 0.156. The molecule has 1 aliphatic heterocycles. The van der Waals surface area contributed by atoms with Gasteiger partial charge in [0.1, 0.15) is 16.5 Å². The maximum atomic E-state index is 15.0. The highest BCUT2D eigenvalue weighted by Crippen LogP contribution is 2.35. The van der Waals surface area contributed by atoms with Gasteiger partial charge in [0.2, 0.25) is 5.95 Å². The molecular formula is C25H31ClF2N4O3S. The average Bonchev–Trinajstić information content (AvgIpc) is 3.32. The molecule has 1 aromatic heterocycles. The van der Waals surface area contributed by atoms with E-state index < -0.39 is 26.7 Å². The summed E-state index contributed by atoms with van der Waals surface area (Å²) in [5.41, 5.74) is 0.323. The summed E-state index contributed by atoms with van der Waals surface area (Å²) in [6.45, 7) is 5.71. The van der Waals surface area contributed by atoms with Crippen molar-refractivity contribution >= 4 is 33.1 Å². The van der Waals surface area contributed by atoms with E-state index in [0.717, 1.165) is 63.4 Å². The Morgan fingerprint density at radius 3 is 2.75 bits per heavy atom. The topological polar surface area (TPSA) is 94.6 Å². The number of hydrogen-bond acceptors (Lipinski definition) is 6. The molecule has 11 heteroatoms. The van der Waals surface area contributed by atoms with E-state index in [9.17, 15) is 17.9 Å². The number of aliphatic hydroxyl groups is 1. The van der Waals surface area contributed by atoms with Crippen molar-refractivity contribution < 1.29 is 22.3 Å². The molecule has 4 rings (SSSR count). The molecule has 4 atom stereocenters. The van der Waals surface area contributed by atoms with Crippen LogP contribution in [0.25, 0.3) is 0 Å². The van der Waals surface area contributed by atoms with Crippen molar-refractivity contribution in [1.82, 2.24) is 9.88 Å². The second-order valence-electron chi connectivity index (χ2n) is 9.44. The Hall–Kier alpha value is -2.27. The molecule has 0 spiro atoms. The number of rotatable bonds is 9. The van der Waals surface area contributed by atoms with Crippen molar-refractivity contribution in [3.63, 3.8) is 0 Å². The van der Waals surface area contributed by atoms with Crippen LogP contribution in [0.2, 0.25) is 5.02 Å². The minimum absolute atomic E-state index is 0.0165. The van der Waals surface area contributed by atoms with Crippen LogP contribution in [0.3, 0.4) is 0 Å². The number of pyridine rings is 1. The molecule has 196 valence electrons. The third kappa shape index (κ3) is 5.99. The van der Waals surface area contributed by atoms with Crippen LogP contribution in [0.5, 0.6) is 0 Å². The monoisotopic (exact) mass is 540 g/mol. The molecule has 3 N–H and O–H groups in total. The largest absolute Gasteiger partial charge is 0.396 e. The molecule has 2 heterocycles.